The summed E-state index contributed by atoms with van der Waals surface area (Å²) in [5.74, 6) is -0.575. The van der Waals surface area contributed by atoms with Gasteiger partial charge in [-0.3, -0.25) is 0 Å². The Morgan fingerprint density at radius 2 is 2.11 bits per heavy atom. The highest BCUT2D eigenvalue weighted by Gasteiger charge is 2.35. The van der Waals surface area contributed by atoms with Gasteiger partial charge < -0.3 is 10.8 Å². The van der Waals surface area contributed by atoms with Crippen molar-refractivity contribution < 1.29 is 17.9 Å². The van der Waals surface area contributed by atoms with Gasteiger partial charge in [-0.15, -0.1) is 0 Å². The van der Waals surface area contributed by atoms with E-state index in [4.69, 9.17) is 10.8 Å². The minimum absolute atomic E-state index is 0.0316. The number of rotatable bonds is 5. The smallest absolute Gasteiger partial charge is 0.245 e. The first-order chi connectivity index (χ1) is 8.96. The molecule has 1 aliphatic carbocycles. The second kappa shape index (κ2) is 5.44. The van der Waals surface area contributed by atoms with Gasteiger partial charge in [0, 0.05) is 12.6 Å². The Hall–Kier alpha value is -1.18. The minimum atomic E-state index is -3.79. The zero-order valence-electron chi connectivity index (χ0n) is 10.4. The SMILES string of the molecule is Nc1cc(F)ccc1S(=O)(=O)N(CCO)C1CCC1. The van der Waals surface area contributed by atoms with E-state index < -0.39 is 15.8 Å². The quantitative estimate of drug-likeness (QED) is 0.790. The van der Waals surface area contributed by atoms with Crippen molar-refractivity contribution in [1.82, 2.24) is 4.31 Å². The summed E-state index contributed by atoms with van der Waals surface area (Å²) >= 11 is 0. The van der Waals surface area contributed by atoms with Gasteiger partial charge in [0.05, 0.1) is 12.3 Å². The Morgan fingerprint density at radius 1 is 1.42 bits per heavy atom. The normalized spacial score (nSPS) is 16.6. The van der Waals surface area contributed by atoms with Crippen LogP contribution in [0, 0.1) is 5.82 Å². The molecule has 0 radical (unpaired) electrons. The first kappa shape index (κ1) is 14.2. The molecule has 1 aliphatic rings. The van der Waals surface area contributed by atoms with Crippen LogP contribution in [0.15, 0.2) is 23.1 Å². The molecule has 0 aromatic heterocycles. The van der Waals surface area contributed by atoms with Gasteiger partial charge in [0.1, 0.15) is 10.7 Å². The summed E-state index contributed by atoms with van der Waals surface area (Å²) in [6, 6.07) is 3.14. The van der Waals surface area contributed by atoms with Gasteiger partial charge in [-0.05, 0) is 31.0 Å². The summed E-state index contributed by atoms with van der Waals surface area (Å²) in [5, 5.41) is 9.03. The fourth-order valence-corrected chi connectivity index (χ4v) is 3.93. The molecule has 0 atom stereocenters. The van der Waals surface area contributed by atoms with E-state index in [2.05, 4.69) is 0 Å². The molecule has 0 bridgehead atoms. The molecule has 2 rings (SSSR count). The number of aliphatic hydroxyl groups excluding tert-OH is 1. The topological polar surface area (TPSA) is 83.6 Å². The Balaban J connectivity index is 2.38. The monoisotopic (exact) mass is 288 g/mol. The van der Waals surface area contributed by atoms with Gasteiger partial charge in [-0.25, -0.2) is 12.8 Å². The van der Waals surface area contributed by atoms with E-state index >= 15 is 0 Å². The maximum Gasteiger partial charge on any atom is 0.245 e. The minimum Gasteiger partial charge on any atom is -0.398 e. The first-order valence-electron chi connectivity index (χ1n) is 6.14. The molecule has 0 unspecified atom stereocenters. The number of benzene rings is 1. The number of anilines is 1. The van der Waals surface area contributed by atoms with Crippen LogP contribution < -0.4 is 5.73 Å². The molecule has 0 aliphatic heterocycles. The van der Waals surface area contributed by atoms with Crippen molar-refractivity contribution in [3.63, 3.8) is 0 Å². The van der Waals surface area contributed by atoms with Crippen molar-refractivity contribution in [2.45, 2.75) is 30.2 Å². The van der Waals surface area contributed by atoms with E-state index in [0.717, 1.165) is 31.4 Å². The average Bonchev–Trinajstić information content (AvgIpc) is 2.25. The number of hydrogen-bond donors (Lipinski definition) is 2. The molecule has 1 fully saturated rings. The van der Waals surface area contributed by atoms with Crippen LogP contribution in [-0.2, 0) is 10.0 Å². The summed E-state index contributed by atoms with van der Waals surface area (Å²) in [7, 11) is -3.79. The number of hydrogen-bond acceptors (Lipinski definition) is 4. The van der Waals surface area contributed by atoms with Crippen LogP contribution in [0.3, 0.4) is 0 Å². The molecule has 106 valence electrons. The van der Waals surface area contributed by atoms with E-state index in [9.17, 15) is 12.8 Å². The lowest BCUT2D eigenvalue weighted by molar-refractivity contribution is 0.178. The number of halogens is 1. The molecule has 0 amide bonds. The van der Waals surface area contributed by atoms with E-state index in [1.54, 1.807) is 0 Å². The molecular formula is C12H17FN2O3S. The van der Waals surface area contributed by atoms with Crippen LogP contribution in [0.4, 0.5) is 10.1 Å². The van der Waals surface area contributed by atoms with Crippen LogP contribution in [0.2, 0.25) is 0 Å². The van der Waals surface area contributed by atoms with E-state index in [1.165, 1.54) is 10.4 Å². The van der Waals surface area contributed by atoms with Crippen molar-refractivity contribution in [1.29, 1.82) is 0 Å². The van der Waals surface area contributed by atoms with Gasteiger partial charge in [-0.2, -0.15) is 4.31 Å². The lowest BCUT2D eigenvalue weighted by Gasteiger charge is -2.36. The number of aliphatic hydroxyl groups is 1. The summed E-state index contributed by atoms with van der Waals surface area (Å²) < 4.78 is 39.3. The highest BCUT2D eigenvalue weighted by atomic mass is 32.2. The van der Waals surface area contributed by atoms with Crippen LogP contribution in [-0.4, -0.2) is 37.0 Å². The zero-order valence-corrected chi connectivity index (χ0v) is 11.2. The lowest BCUT2D eigenvalue weighted by atomic mass is 9.93. The molecule has 1 aromatic carbocycles. The zero-order chi connectivity index (χ0) is 14.0. The summed E-state index contributed by atoms with van der Waals surface area (Å²) in [6.45, 7) is -0.222. The summed E-state index contributed by atoms with van der Waals surface area (Å²) in [6.07, 6.45) is 2.53. The third-order valence-corrected chi connectivity index (χ3v) is 5.39. The van der Waals surface area contributed by atoms with Gasteiger partial charge in [0.25, 0.3) is 0 Å². The number of nitrogens with two attached hydrogens (primary N) is 1. The van der Waals surface area contributed by atoms with Crippen molar-refractivity contribution in [3.05, 3.63) is 24.0 Å². The maximum atomic E-state index is 13.0. The van der Waals surface area contributed by atoms with Crippen molar-refractivity contribution in [2.75, 3.05) is 18.9 Å². The molecule has 0 spiro atoms. The molecule has 1 aromatic rings. The van der Waals surface area contributed by atoms with Crippen molar-refractivity contribution >= 4 is 15.7 Å². The largest absolute Gasteiger partial charge is 0.398 e. The van der Waals surface area contributed by atoms with Crippen LogP contribution in [0.25, 0.3) is 0 Å². The fraction of sp³-hybridized carbons (Fsp3) is 0.500. The number of sulfonamides is 1. The van der Waals surface area contributed by atoms with E-state index in [0.29, 0.717) is 0 Å². The third-order valence-electron chi connectivity index (χ3n) is 3.36. The molecule has 7 heteroatoms. The highest BCUT2D eigenvalue weighted by Crippen LogP contribution is 2.31. The van der Waals surface area contributed by atoms with Gasteiger partial charge >= 0.3 is 0 Å². The number of nitrogens with zero attached hydrogens (tertiary/aromatic N) is 1. The number of nitrogen functional groups attached to an aromatic ring is 1. The van der Waals surface area contributed by atoms with Gasteiger partial charge in [-0.1, -0.05) is 6.42 Å². The second-order valence-corrected chi connectivity index (χ2v) is 6.47. The molecule has 5 nitrogen and oxygen atoms in total. The van der Waals surface area contributed by atoms with Crippen LogP contribution >= 0.6 is 0 Å². The summed E-state index contributed by atoms with van der Waals surface area (Å²) in [4.78, 5) is -0.103. The van der Waals surface area contributed by atoms with Crippen LogP contribution in [0.5, 0.6) is 0 Å². The summed E-state index contributed by atoms with van der Waals surface area (Å²) in [5.41, 5.74) is 5.48. The van der Waals surface area contributed by atoms with Crippen molar-refractivity contribution in [2.24, 2.45) is 0 Å². The Morgan fingerprint density at radius 3 is 2.58 bits per heavy atom. The highest BCUT2D eigenvalue weighted by molar-refractivity contribution is 7.89. The molecule has 19 heavy (non-hydrogen) atoms. The van der Waals surface area contributed by atoms with E-state index in [1.807, 2.05) is 0 Å². The predicted molar refractivity (Wildman–Crippen MR) is 69.4 cm³/mol. The van der Waals surface area contributed by atoms with Crippen molar-refractivity contribution in [3.8, 4) is 0 Å². The Labute approximate surface area is 111 Å². The standard InChI is InChI=1S/C12H17FN2O3S/c13-9-4-5-12(11(14)8-9)19(17,18)15(6-7-16)10-2-1-3-10/h4-5,8,10,16H,1-3,6-7,14H2. The molecule has 0 saturated heterocycles. The average molecular weight is 288 g/mol. The van der Waals surface area contributed by atoms with Gasteiger partial charge in [0.15, 0.2) is 0 Å². The first-order valence-corrected chi connectivity index (χ1v) is 7.58. The van der Waals surface area contributed by atoms with E-state index in [-0.39, 0.29) is 29.8 Å². The molecular weight excluding hydrogens is 271 g/mol. The molecule has 0 heterocycles. The fourth-order valence-electron chi connectivity index (χ4n) is 2.15. The Bertz CT molecular complexity index is 558. The Kier molecular flexibility index (Phi) is 4.07. The lowest BCUT2D eigenvalue weighted by Crippen LogP contribution is -2.45. The van der Waals surface area contributed by atoms with Gasteiger partial charge in [0.2, 0.25) is 10.0 Å². The molecule has 3 N–H and O–H groups in total. The predicted octanol–water partition coefficient (Wildman–Crippen LogP) is 0.943. The molecule has 1 saturated carbocycles. The van der Waals surface area contributed by atoms with Crippen LogP contribution in [0.1, 0.15) is 19.3 Å². The maximum absolute atomic E-state index is 13.0. The third kappa shape index (κ3) is 2.72. The second-order valence-electron chi connectivity index (χ2n) is 4.61.